The molecule has 58 valence electrons. The van der Waals surface area contributed by atoms with Gasteiger partial charge in [-0.2, -0.15) is 0 Å². The zero-order valence-corrected chi connectivity index (χ0v) is 7.37. The van der Waals surface area contributed by atoms with Crippen molar-refractivity contribution in [1.29, 1.82) is 0 Å². The van der Waals surface area contributed by atoms with Gasteiger partial charge in [-0.25, -0.2) is 0 Å². The molecule has 0 saturated carbocycles. The Morgan fingerprint density at radius 2 is 2.50 bits per heavy atom. The van der Waals surface area contributed by atoms with E-state index in [-0.39, 0.29) is 0 Å². The van der Waals surface area contributed by atoms with Crippen molar-refractivity contribution in [3.05, 3.63) is 0 Å². The molecule has 1 unspecified atom stereocenters. The Balaban J connectivity index is 2.30. The molecule has 0 bridgehead atoms. The molecule has 3 heteroatoms. The summed E-state index contributed by atoms with van der Waals surface area (Å²) in [6.07, 6.45) is 3.24. The van der Waals surface area contributed by atoms with Crippen LogP contribution in [0.1, 0.15) is 13.3 Å². The highest BCUT2D eigenvalue weighted by Gasteiger charge is 2.25. The molecule has 1 heterocycles. The molecule has 0 amide bonds. The quantitative estimate of drug-likeness (QED) is 0.379. The van der Waals surface area contributed by atoms with E-state index in [1.54, 1.807) is 11.8 Å². The zero-order valence-electron chi connectivity index (χ0n) is 6.55. The Bertz CT molecular complexity index is 130. The number of nitrogens with one attached hydrogen (secondary N) is 1. The number of rotatable bonds is 3. The topological polar surface area (TPSA) is 34.3 Å². The van der Waals surface area contributed by atoms with Crippen molar-refractivity contribution in [2.24, 2.45) is 4.99 Å². The molecule has 0 spiro atoms. The maximum Gasteiger partial charge on any atom is 0.0856 e. The van der Waals surface area contributed by atoms with Gasteiger partial charge >= 0.3 is 0 Å². The largest absolute Gasteiger partial charge is 0.305 e. The monoisotopic (exact) mass is 158 g/mol. The lowest BCUT2D eigenvalue weighted by Crippen LogP contribution is -2.05. The first-order chi connectivity index (χ1) is 4.88. The van der Waals surface area contributed by atoms with Gasteiger partial charge in [-0.3, -0.25) is 4.99 Å². The van der Waals surface area contributed by atoms with E-state index in [0.717, 1.165) is 19.5 Å². The van der Waals surface area contributed by atoms with E-state index in [1.165, 1.54) is 5.04 Å². The fraction of sp³-hybridized carbons (Fsp3) is 0.857. The van der Waals surface area contributed by atoms with E-state index in [2.05, 4.69) is 23.5 Å². The van der Waals surface area contributed by atoms with Gasteiger partial charge in [0.25, 0.3) is 0 Å². The van der Waals surface area contributed by atoms with E-state index in [1.807, 2.05) is 0 Å². The van der Waals surface area contributed by atoms with Gasteiger partial charge in [0.05, 0.1) is 11.1 Å². The van der Waals surface area contributed by atoms with Crippen LogP contribution in [0.3, 0.4) is 0 Å². The minimum absolute atomic E-state index is 0.599. The highest BCUT2D eigenvalue weighted by molar-refractivity contribution is 8.13. The van der Waals surface area contributed by atoms with Gasteiger partial charge in [0.15, 0.2) is 0 Å². The summed E-state index contributed by atoms with van der Waals surface area (Å²) in [5.74, 6) is 0. The van der Waals surface area contributed by atoms with Gasteiger partial charge < -0.3 is 5.32 Å². The molecular weight excluding hydrogens is 144 g/mol. The van der Waals surface area contributed by atoms with Crippen molar-refractivity contribution in [1.82, 2.24) is 5.32 Å². The van der Waals surface area contributed by atoms with Crippen molar-refractivity contribution in [2.45, 2.75) is 19.4 Å². The minimum atomic E-state index is 0.599. The fourth-order valence-corrected chi connectivity index (χ4v) is 1.44. The lowest BCUT2D eigenvalue weighted by atomic mass is 10.5. The van der Waals surface area contributed by atoms with E-state index < -0.39 is 0 Å². The predicted molar refractivity (Wildman–Crippen MR) is 47.9 cm³/mol. The molecule has 1 fully saturated rings. The van der Waals surface area contributed by atoms with Crippen LogP contribution in [0.5, 0.6) is 0 Å². The fourth-order valence-electron chi connectivity index (χ4n) is 0.773. The van der Waals surface area contributed by atoms with Crippen molar-refractivity contribution in [3.63, 3.8) is 0 Å². The number of thioether (sulfide) groups is 1. The molecule has 1 aliphatic rings. The standard InChI is InChI=1S/C7H14N2S/c1-3-4-8-7(10-2)6-5-9-6/h6,9H,3-5H2,1-2H3. The Labute approximate surface area is 66.5 Å². The van der Waals surface area contributed by atoms with E-state index in [4.69, 9.17) is 0 Å². The Morgan fingerprint density at radius 1 is 1.80 bits per heavy atom. The second-order valence-corrected chi connectivity index (χ2v) is 3.21. The molecule has 1 rings (SSSR count). The average Bonchev–Trinajstić information content (AvgIpc) is 2.73. The highest BCUT2D eigenvalue weighted by Crippen LogP contribution is 2.10. The van der Waals surface area contributed by atoms with Gasteiger partial charge in [0.2, 0.25) is 0 Å². The Hall–Kier alpha value is -0.0200. The number of hydrogen-bond acceptors (Lipinski definition) is 3. The normalized spacial score (nSPS) is 25.0. The molecule has 1 aliphatic heterocycles. The van der Waals surface area contributed by atoms with Gasteiger partial charge in [0.1, 0.15) is 0 Å². The maximum atomic E-state index is 4.44. The molecule has 1 atom stereocenters. The summed E-state index contributed by atoms with van der Waals surface area (Å²) in [6, 6.07) is 0.599. The van der Waals surface area contributed by atoms with Crippen LogP contribution in [0.15, 0.2) is 4.99 Å². The van der Waals surface area contributed by atoms with E-state index in [0.29, 0.717) is 6.04 Å². The van der Waals surface area contributed by atoms with Crippen LogP contribution in [-0.2, 0) is 0 Å². The third kappa shape index (κ3) is 2.31. The van der Waals surface area contributed by atoms with Crippen LogP contribution in [-0.4, -0.2) is 30.4 Å². The first-order valence-electron chi connectivity index (χ1n) is 3.70. The predicted octanol–water partition coefficient (Wildman–Crippen LogP) is 1.13. The van der Waals surface area contributed by atoms with Gasteiger partial charge in [-0.1, -0.05) is 6.92 Å². The van der Waals surface area contributed by atoms with Crippen LogP contribution < -0.4 is 5.32 Å². The van der Waals surface area contributed by atoms with Crippen molar-refractivity contribution in [2.75, 3.05) is 19.3 Å². The Morgan fingerprint density at radius 3 is 2.90 bits per heavy atom. The Kier molecular flexibility index (Phi) is 3.22. The molecule has 10 heavy (non-hydrogen) atoms. The number of nitrogens with zero attached hydrogens (tertiary/aromatic N) is 1. The van der Waals surface area contributed by atoms with Crippen LogP contribution in [0.2, 0.25) is 0 Å². The van der Waals surface area contributed by atoms with Gasteiger partial charge in [-0.15, -0.1) is 11.8 Å². The number of hydrogen-bond donors (Lipinski definition) is 1. The van der Waals surface area contributed by atoms with Crippen LogP contribution in [0.4, 0.5) is 0 Å². The lowest BCUT2D eigenvalue weighted by molar-refractivity contribution is 0.931. The summed E-state index contributed by atoms with van der Waals surface area (Å²) in [4.78, 5) is 4.44. The molecular formula is C7H14N2S. The molecule has 1 saturated heterocycles. The average molecular weight is 158 g/mol. The summed E-state index contributed by atoms with van der Waals surface area (Å²) in [7, 11) is 0. The highest BCUT2D eigenvalue weighted by atomic mass is 32.2. The van der Waals surface area contributed by atoms with E-state index >= 15 is 0 Å². The molecule has 1 N–H and O–H groups in total. The second-order valence-electron chi connectivity index (χ2n) is 2.38. The third-order valence-corrected chi connectivity index (χ3v) is 2.24. The molecule has 0 aliphatic carbocycles. The smallest absolute Gasteiger partial charge is 0.0856 e. The SMILES string of the molecule is CCCN=C(SC)C1CN1. The molecule has 0 radical (unpaired) electrons. The van der Waals surface area contributed by atoms with Gasteiger partial charge in [0, 0.05) is 13.1 Å². The molecule has 2 nitrogen and oxygen atoms in total. The third-order valence-electron chi connectivity index (χ3n) is 1.41. The maximum absolute atomic E-state index is 4.44. The summed E-state index contributed by atoms with van der Waals surface area (Å²) in [6.45, 7) is 4.26. The minimum Gasteiger partial charge on any atom is -0.305 e. The number of aliphatic imine (C=N–C) groups is 1. The van der Waals surface area contributed by atoms with Crippen LogP contribution in [0.25, 0.3) is 0 Å². The van der Waals surface area contributed by atoms with Crippen molar-refractivity contribution >= 4 is 16.8 Å². The molecule has 0 aromatic carbocycles. The lowest BCUT2D eigenvalue weighted by Gasteiger charge is -1.97. The first kappa shape index (κ1) is 8.08. The molecule has 0 aromatic rings. The summed E-state index contributed by atoms with van der Waals surface area (Å²) in [5.41, 5.74) is 0. The first-order valence-corrected chi connectivity index (χ1v) is 4.92. The van der Waals surface area contributed by atoms with E-state index in [9.17, 15) is 0 Å². The zero-order chi connectivity index (χ0) is 7.40. The van der Waals surface area contributed by atoms with Gasteiger partial charge in [-0.05, 0) is 12.7 Å². The second kappa shape index (κ2) is 3.98. The van der Waals surface area contributed by atoms with Crippen molar-refractivity contribution < 1.29 is 0 Å². The van der Waals surface area contributed by atoms with Crippen LogP contribution in [0, 0.1) is 0 Å². The summed E-state index contributed by atoms with van der Waals surface area (Å²) >= 11 is 1.77. The summed E-state index contributed by atoms with van der Waals surface area (Å²) < 4.78 is 0. The van der Waals surface area contributed by atoms with Crippen molar-refractivity contribution in [3.8, 4) is 0 Å². The summed E-state index contributed by atoms with van der Waals surface area (Å²) in [5, 5.41) is 4.52. The van der Waals surface area contributed by atoms with Crippen LogP contribution >= 0.6 is 11.8 Å². The molecule has 0 aromatic heterocycles.